The van der Waals surface area contributed by atoms with Gasteiger partial charge < -0.3 is 10.1 Å². The minimum Gasteiger partial charge on any atom is -0.383 e. The zero-order chi connectivity index (χ0) is 14.5. The summed E-state index contributed by atoms with van der Waals surface area (Å²) in [6, 6.07) is 1.30. The van der Waals surface area contributed by atoms with Crippen LogP contribution in [-0.4, -0.2) is 50.3 Å². The Kier molecular flexibility index (Phi) is 12.8. The molecule has 3 heteroatoms. The number of rotatable bonds is 13. The Balaban J connectivity index is 3.57. The van der Waals surface area contributed by atoms with Crippen LogP contribution in [-0.2, 0) is 4.74 Å². The maximum Gasteiger partial charge on any atom is 0.0589 e. The maximum absolute atomic E-state index is 5.20. The van der Waals surface area contributed by atoms with Gasteiger partial charge in [-0.3, -0.25) is 4.90 Å². The highest BCUT2D eigenvalue weighted by Crippen LogP contribution is 2.07. The molecule has 0 fully saturated rings. The lowest BCUT2D eigenvalue weighted by Crippen LogP contribution is -2.36. The molecule has 1 unspecified atom stereocenters. The number of hydrogen-bond acceptors (Lipinski definition) is 3. The Morgan fingerprint density at radius 2 is 1.68 bits per heavy atom. The van der Waals surface area contributed by atoms with Gasteiger partial charge in [0.25, 0.3) is 0 Å². The molecule has 0 aromatic heterocycles. The van der Waals surface area contributed by atoms with Gasteiger partial charge in [0.05, 0.1) is 6.61 Å². The molecule has 0 heterocycles. The zero-order valence-electron chi connectivity index (χ0n) is 13.9. The molecule has 0 saturated carbocycles. The van der Waals surface area contributed by atoms with Gasteiger partial charge in [-0.15, -0.1) is 0 Å². The number of nitrogens with one attached hydrogen (secondary N) is 1. The minimum atomic E-state index is 0.620. The van der Waals surface area contributed by atoms with Crippen molar-refractivity contribution in [1.82, 2.24) is 10.2 Å². The van der Waals surface area contributed by atoms with Crippen LogP contribution in [0.5, 0.6) is 0 Å². The summed E-state index contributed by atoms with van der Waals surface area (Å²) in [7, 11) is 1.79. The van der Waals surface area contributed by atoms with Gasteiger partial charge >= 0.3 is 0 Å². The van der Waals surface area contributed by atoms with Crippen molar-refractivity contribution in [2.24, 2.45) is 0 Å². The van der Waals surface area contributed by atoms with Crippen molar-refractivity contribution in [3.63, 3.8) is 0 Å². The monoisotopic (exact) mass is 272 g/mol. The SMILES string of the molecule is CCC(C)N(CCCCCCNC(C)C)CCOC. The first-order valence-corrected chi connectivity index (χ1v) is 8.08. The van der Waals surface area contributed by atoms with Crippen molar-refractivity contribution in [2.75, 3.05) is 33.4 Å². The molecule has 0 aliphatic carbocycles. The smallest absolute Gasteiger partial charge is 0.0589 e. The highest BCUT2D eigenvalue weighted by molar-refractivity contribution is 4.66. The van der Waals surface area contributed by atoms with E-state index in [1.807, 2.05) is 0 Å². The topological polar surface area (TPSA) is 24.5 Å². The van der Waals surface area contributed by atoms with Crippen LogP contribution in [0.25, 0.3) is 0 Å². The van der Waals surface area contributed by atoms with E-state index in [0.29, 0.717) is 12.1 Å². The molecule has 19 heavy (non-hydrogen) atoms. The van der Waals surface area contributed by atoms with Crippen molar-refractivity contribution in [1.29, 1.82) is 0 Å². The van der Waals surface area contributed by atoms with Crippen LogP contribution in [0.2, 0.25) is 0 Å². The third kappa shape index (κ3) is 11.4. The minimum absolute atomic E-state index is 0.620. The summed E-state index contributed by atoms with van der Waals surface area (Å²) in [5.74, 6) is 0. The van der Waals surface area contributed by atoms with Crippen molar-refractivity contribution >= 4 is 0 Å². The van der Waals surface area contributed by atoms with Crippen LogP contribution in [0, 0.1) is 0 Å². The Bertz CT molecular complexity index is 186. The van der Waals surface area contributed by atoms with Gasteiger partial charge in [0.15, 0.2) is 0 Å². The molecular formula is C16H36N2O. The summed E-state index contributed by atoms with van der Waals surface area (Å²) in [6.45, 7) is 13.3. The van der Waals surface area contributed by atoms with Crippen LogP contribution in [0.4, 0.5) is 0 Å². The lowest BCUT2D eigenvalue weighted by atomic mass is 10.1. The van der Waals surface area contributed by atoms with E-state index in [2.05, 4.69) is 37.9 Å². The lowest BCUT2D eigenvalue weighted by molar-refractivity contribution is 0.121. The van der Waals surface area contributed by atoms with E-state index in [1.165, 1.54) is 38.6 Å². The van der Waals surface area contributed by atoms with Gasteiger partial charge in [0.1, 0.15) is 0 Å². The van der Waals surface area contributed by atoms with Gasteiger partial charge in [-0.05, 0) is 39.3 Å². The first-order chi connectivity index (χ1) is 9.11. The fourth-order valence-corrected chi connectivity index (χ4v) is 2.20. The molecule has 0 aliphatic rings. The summed E-state index contributed by atoms with van der Waals surface area (Å²) >= 11 is 0. The number of unbranched alkanes of at least 4 members (excludes halogenated alkanes) is 3. The predicted octanol–water partition coefficient (Wildman–Crippen LogP) is 3.29. The molecule has 3 nitrogen and oxygen atoms in total. The van der Waals surface area contributed by atoms with E-state index >= 15 is 0 Å². The molecule has 0 amide bonds. The number of ether oxygens (including phenoxy) is 1. The van der Waals surface area contributed by atoms with Gasteiger partial charge in [-0.25, -0.2) is 0 Å². The normalized spacial score (nSPS) is 13.4. The van der Waals surface area contributed by atoms with Gasteiger partial charge in [-0.2, -0.15) is 0 Å². The molecule has 0 spiro atoms. The van der Waals surface area contributed by atoms with Gasteiger partial charge in [0.2, 0.25) is 0 Å². The van der Waals surface area contributed by atoms with Crippen LogP contribution >= 0.6 is 0 Å². The average Bonchev–Trinajstić information content (AvgIpc) is 2.39. The van der Waals surface area contributed by atoms with Crippen LogP contribution < -0.4 is 5.32 Å². The molecule has 0 radical (unpaired) electrons. The standard InChI is InChI=1S/C16H36N2O/c1-6-16(4)18(13-14-19-5)12-10-8-7-9-11-17-15(2)3/h15-17H,6-14H2,1-5H3. The molecule has 116 valence electrons. The number of nitrogens with zero attached hydrogens (tertiary/aromatic N) is 1. The average molecular weight is 272 g/mol. The Hall–Kier alpha value is -0.120. The maximum atomic E-state index is 5.20. The molecule has 0 aromatic carbocycles. The second kappa shape index (κ2) is 12.9. The highest BCUT2D eigenvalue weighted by Gasteiger charge is 2.10. The van der Waals surface area contributed by atoms with E-state index in [9.17, 15) is 0 Å². The number of hydrogen-bond donors (Lipinski definition) is 1. The second-order valence-electron chi connectivity index (χ2n) is 5.81. The summed E-state index contributed by atoms with van der Waals surface area (Å²) in [4.78, 5) is 2.57. The summed E-state index contributed by atoms with van der Waals surface area (Å²) in [5.41, 5.74) is 0. The van der Waals surface area contributed by atoms with Crippen molar-refractivity contribution in [3.8, 4) is 0 Å². The van der Waals surface area contributed by atoms with E-state index in [0.717, 1.165) is 19.7 Å². The lowest BCUT2D eigenvalue weighted by Gasteiger charge is -2.28. The van der Waals surface area contributed by atoms with E-state index < -0.39 is 0 Å². The van der Waals surface area contributed by atoms with E-state index in [1.54, 1.807) is 7.11 Å². The van der Waals surface area contributed by atoms with Crippen molar-refractivity contribution < 1.29 is 4.74 Å². The van der Waals surface area contributed by atoms with Crippen molar-refractivity contribution in [2.45, 2.75) is 71.9 Å². The van der Waals surface area contributed by atoms with Gasteiger partial charge in [0, 0.05) is 25.7 Å². The molecule has 1 N–H and O–H groups in total. The van der Waals surface area contributed by atoms with Crippen LogP contribution in [0.1, 0.15) is 59.8 Å². The number of methoxy groups -OCH3 is 1. The first-order valence-electron chi connectivity index (χ1n) is 8.08. The molecule has 1 atom stereocenters. The molecule has 0 aromatic rings. The third-order valence-corrected chi connectivity index (χ3v) is 3.72. The fourth-order valence-electron chi connectivity index (χ4n) is 2.20. The Morgan fingerprint density at radius 3 is 2.26 bits per heavy atom. The molecule has 0 aliphatic heterocycles. The van der Waals surface area contributed by atoms with Crippen LogP contribution in [0.15, 0.2) is 0 Å². The quantitative estimate of drug-likeness (QED) is 0.521. The zero-order valence-corrected chi connectivity index (χ0v) is 13.9. The molecular weight excluding hydrogens is 236 g/mol. The first kappa shape index (κ1) is 18.9. The summed E-state index contributed by atoms with van der Waals surface area (Å²) < 4.78 is 5.20. The summed E-state index contributed by atoms with van der Waals surface area (Å²) in [6.07, 6.45) is 6.54. The van der Waals surface area contributed by atoms with Gasteiger partial charge in [-0.1, -0.05) is 33.6 Å². The fraction of sp³-hybridized carbons (Fsp3) is 1.00. The van der Waals surface area contributed by atoms with Crippen molar-refractivity contribution in [3.05, 3.63) is 0 Å². The Labute approximate surface area is 121 Å². The largest absolute Gasteiger partial charge is 0.383 e. The molecule has 0 bridgehead atoms. The molecule has 0 saturated heterocycles. The third-order valence-electron chi connectivity index (χ3n) is 3.72. The van der Waals surface area contributed by atoms with E-state index in [4.69, 9.17) is 4.74 Å². The van der Waals surface area contributed by atoms with E-state index in [-0.39, 0.29) is 0 Å². The summed E-state index contributed by atoms with van der Waals surface area (Å²) in [5, 5.41) is 3.47. The Morgan fingerprint density at radius 1 is 1.00 bits per heavy atom. The second-order valence-corrected chi connectivity index (χ2v) is 5.81. The highest BCUT2D eigenvalue weighted by atomic mass is 16.5. The predicted molar refractivity (Wildman–Crippen MR) is 84.8 cm³/mol. The molecule has 0 rings (SSSR count). The van der Waals surface area contributed by atoms with Crippen LogP contribution in [0.3, 0.4) is 0 Å².